The van der Waals surface area contributed by atoms with Gasteiger partial charge >= 0.3 is 5.37 Å². The molecule has 6 nitrogen and oxygen atoms in total. The van der Waals surface area contributed by atoms with E-state index in [9.17, 15) is 9.90 Å². The molecule has 0 spiro atoms. The highest BCUT2D eigenvalue weighted by atomic mass is 35.5. The zero-order valence-electron chi connectivity index (χ0n) is 14.2. The predicted octanol–water partition coefficient (Wildman–Crippen LogP) is 2.41. The molecule has 24 heavy (non-hydrogen) atoms. The van der Waals surface area contributed by atoms with Crippen molar-refractivity contribution in [3.8, 4) is 0 Å². The average Bonchev–Trinajstić information content (AvgIpc) is 2.47. The van der Waals surface area contributed by atoms with E-state index in [4.69, 9.17) is 16.4 Å². The number of hydrogen-bond donors (Lipinski definition) is 2. The Balaban J connectivity index is 0.00000264. The Kier molecular flexibility index (Phi) is 11.8. The largest absolute Gasteiger partial charge is 0.389 e. The lowest BCUT2D eigenvalue weighted by Gasteiger charge is -2.39. The summed E-state index contributed by atoms with van der Waals surface area (Å²) < 4.78 is 0. The number of hydrogen-bond acceptors (Lipinski definition) is 5. The van der Waals surface area contributed by atoms with Crippen LogP contribution >= 0.6 is 36.4 Å². The molecule has 2 saturated heterocycles. The SMILES string of the molecule is CC1(NC(=O)Cl)CCN(OCC(O)CN2CCCCC2)CC1.Cl.Cl. The number of carbonyl (C=O) groups excluding carboxylic acids is 1. The number of β-amino-alcohol motifs (C(OH)–C–C–N with tert-alkyl or cyclic N) is 1. The molecule has 0 aromatic heterocycles. The standard InChI is InChI=1S/C15H28ClN3O3.2ClH/c1-15(17-14(16)21)5-9-19(10-6-15)22-12-13(20)11-18-7-3-2-4-8-18;;/h13,20H,2-12H2,1H3,(H,17,21);2*1H. The molecule has 0 radical (unpaired) electrons. The van der Waals surface area contributed by atoms with Gasteiger partial charge in [-0.25, -0.2) is 0 Å². The van der Waals surface area contributed by atoms with Gasteiger partial charge in [-0.05, 0) is 57.3 Å². The number of likely N-dealkylation sites (tertiary alicyclic amines) is 1. The number of carbonyl (C=O) groups is 1. The second-order valence-corrected chi connectivity index (χ2v) is 7.04. The zero-order valence-corrected chi connectivity index (χ0v) is 16.6. The summed E-state index contributed by atoms with van der Waals surface area (Å²) in [5.74, 6) is 0. The van der Waals surface area contributed by atoms with E-state index in [2.05, 4.69) is 10.2 Å². The van der Waals surface area contributed by atoms with Crippen LogP contribution in [0.15, 0.2) is 0 Å². The number of piperidine rings is 2. The van der Waals surface area contributed by atoms with E-state index in [1.165, 1.54) is 19.3 Å². The van der Waals surface area contributed by atoms with E-state index >= 15 is 0 Å². The molecule has 144 valence electrons. The van der Waals surface area contributed by atoms with Crippen molar-refractivity contribution in [1.82, 2.24) is 15.3 Å². The highest BCUT2D eigenvalue weighted by Crippen LogP contribution is 2.22. The molecule has 2 heterocycles. The fraction of sp³-hybridized carbons (Fsp3) is 0.933. The second kappa shape index (κ2) is 11.7. The number of halogens is 3. The molecular formula is C15H30Cl3N3O3. The summed E-state index contributed by atoms with van der Waals surface area (Å²) in [6, 6.07) is 0. The van der Waals surface area contributed by atoms with Crippen LogP contribution in [-0.2, 0) is 4.84 Å². The lowest BCUT2D eigenvalue weighted by Crippen LogP contribution is -2.52. The molecule has 2 aliphatic heterocycles. The summed E-state index contributed by atoms with van der Waals surface area (Å²) in [5.41, 5.74) is -0.259. The van der Waals surface area contributed by atoms with Gasteiger partial charge in [0.05, 0.1) is 12.7 Å². The van der Waals surface area contributed by atoms with Crippen LogP contribution in [0.2, 0.25) is 0 Å². The van der Waals surface area contributed by atoms with Gasteiger partial charge in [-0.3, -0.25) is 9.63 Å². The molecule has 9 heteroatoms. The Labute approximate surface area is 162 Å². The fourth-order valence-corrected chi connectivity index (χ4v) is 3.38. The Morgan fingerprint density at radius 1 is 1.21 bits per heavy atom. The summed E-state index contributed by atoms with van der Waals surface area (Å²) in [6.45, 7) is 6.63. The fourth-order valence-electron chi connectivity index (χ4n) is 3.16. The minimum atomic E-state index is -0.506. The van der Waals surface area contributed by atoms with Gasteiger partial charge in [0, 0.05) is 25.2 Å². The highest BCUT2D eigenvalue weighted by molar-refractivity contribution is 6.63. The van der Waals surface area contributed by atoms with Crippen LogP contribution in [0.1, 0.15) is 39.0 Å². The normalized spacial score (nSPS) is 22.8. The topological polar surface area (TPSA) is 65.0 Å². The van der Waals surface area contributed by atoms with Gasteiger partial charge in [0.1, 0.15) is 0 Å². The Morgan fingerprint density at radius 2 is 1.79 bits per heavy atom. The first-order chi connectivity index (χ1) is 10.5. The maximum absolute atomic E-state index is 11.0. The van der Waals surface area contributed by atoms with Gasteiger partial charge in [0.25, 0.3) is 0 Å². The van der Waals surface area contributed by atoms with Crippen molar-refractivity contribution >= 4 is 41.8 Å². The van der Waals surface area contributed by atoms with Gasteiger partial charge < -0.3 is 15.3 Å². The lowest BCUT2D eigenvalue weighted by molar-refractivity contribution is -0.194. The first kappa shape index (κ1) is 24.2. The van der Waals surface area contributed by atoms with Crippen molar-refractivity contribution in [2.75, 3.05) is 39.3 Å². The molecule has 2 rings (SSSR count). The maximum Gasteiger partial charge on any atom is 0.314 e. The third kappa shape index (κ3) is 8.52. The number of hydroxylamine groups is 2. The molecule has 2 fully saturated rings. The monoisotopic (exact) mass is 405 g/mol. The minimum absolute atomic E-state index is 0. The van der Waals surface area contributed by atoms with Crippen molar-refractivity contribution < 1.29 is 14.7 Å². The van der Waals surface area contributed by atoms with E-state index in [-0.39, 0.29) is 30.4 Å². The molecule has 0 aromatic rings. The van der Waals surface area contributed by atoms with Crippen molar-refractivity contribution in [2.45, 2.75) is 50.7 Å². The van der Waals surface area contributed by atoms with E-state index in [1.54, 1.807) is 0 Å². The van der Waals surface area contributed by atoms with Gasteiger partial charge in [0.15, 0.2) is 0 Å². The number of nitrogens with one attached hydrogen (secondary N) is 1. The summed E-state index contributed by atoms with van der Waals surface area (Å²) in [7, 11) is 0. The molecule has 0 aromatic carbocycles. The number of nitrogens with zero attached hydrogens (tertiary/aromatic N) is 2. The van der Waals surface area contributed by atoms with Crippen LogP contribution in [0.4, 0.5) is 4.79 Å². The Bertz CT molecular complexity index is 363. The van der Waals surface area contributed by atoms with Crippen molar-refractivity contribution in [3.05, 3.63) is 0 Å². The summed E-state index contributed by atoms with van der Waals surface area (Å²) >= 11 is 5.40. The van der Waals surface area contributed by atoms with E-state index in [0.717, 1.165) is 39.0 Å². The molecule has 0 bridgehead atoms. The molecule has 1 amide bonds. The van der Waals surface area contributed by atoms with Gasteiger partial charge in [-0.2, -0.15) is 5.06 Å². The van der Waals surface area contributed by atoms with Crippen LogP contribution in [0.25, 0.3) is 0 Å². The Morgan fingerprint density at radius 3 is 2.33 bits per heavy atom. The molecule has 0 aliphatic carbocycles. The lowest BCUT2D eigenvalue weighted by atomic mass is 9.91. The van der Waals surface area contributed by atoms with Crippen LogP contribution < -0.4 is 5.32 Å². The van der Waals surface area contributed by atoms with Gasteiger partial charge in [-0.15, -0.1) is 24.8 Å². The molecule has 1 atom stereocenters. The zero-order chi connectivity index (χ0) is 16.0. The quantitative estimate of drug-likeness (QED) is 0.524. The van der Waals surface area contributed by atoms with Crippen LogP contribution in [0.5, 0.6) is 0 Å². The van der Waals surface area contributed by atoms with E-state index < -0.39 is 11.5 Å². The number of aliphatic hydroxyl groups excluding tert-OH is 1. The average molecular weight is 407 g/mol. The van der Waals surface area contributed by atoms with E-state index in [0.29, 0.717) is 13.2 Å². The van der Waals surface area contributed by atoms with Crippen molar-refractivity contribution in [1.29, 1.82) is 0 Å². The van der Waals surface area contributed by atoms with Gasteiger partial charge in [0.2, 0.25) is 0 Å². The number of rotatable bonds is 6. The maximum atomic E-state index is 11.0. The third-order valence-electron chi connectivity index (χ3n) is 4.59. The van der Waals surface area contributed by atoms with Crippen molar-refractivity contribution in [2.24, 2.45) is 0 Å². The molecule has 2 N–H and O–H groups in total. The van der Waals surface area contributed by atoms with E-state index in [1.807, 2.05) is 12.0 Å². The molecular weight excluding hydrogens is 377 g/mol. The molecule has 0 saturated carbocycles. The van der Waals surface area contributed by atoms with Crippen LogP contribution in [0.3, 0.4) is 0 Å². The first-order valence-electron chi connectivity index (χ1n) is 8.23. The minimum Gasteiger partial charge on any atom is -0.389 e. The predicted molar refractivity (Wildman–Crippen MR) is 100 cm³/mol. The Hall–Kier alpha value is 0.180. The van der Waals surface area contributed by atoms with Crippen LogP contribution in [-0.4, -0.2) is 71.4 Å². The summed E-state index contributed by atoms with van der Waals surface area (Å²) in [6.07, 6.45) is 4.87. The third-order valence-corrected chi connectivity index (χ3v) is 4.69. The second-order valence-electron chi connectivity index (χ2n) is 6.70. The van der Waals surface area contributed by atoms with Gasteiger partial charge in [-0.1, -0.05) is 6.42 Å². The number of aliphatic hydroxyl groups is 1. The highest BCUT2D eigenvalue weighted by Gasteiger charge is 2.31. The summed E-state index contributed by atoms with van der Waals surface area (Å²) in [5, 5.41) is 14.2. The number of amides is 1. The van der Waals surface area contributed by atoms with Crippen molar-refractivity contribution in [3.63, 3.8) is 0 Å². The molecule has 1 unspecified atom stereocenters. The first-order valence-corrected chi connectivity index (χ1v) is 8.61. The van der Waals surface area contributed by atoms with Crippen LogP contribution in [0, 0.1) is 0 Å². The summed E-state index contributed by atoms with van der Waals surface area (Å²) in [4.78, 5) is 19.0. The molecule has 2 aliphatic rings. The smallest absolute Gasteiger partial charge is 0.314 e.